The van der Waals surface area contributed by atoms with Crippen LogP contribution in [0.1, 0.15) is 12.8 Å². The van der Waals surface area contributed by atoms with Crippen molar-refractivity contribution in [2.45, 2.75) is 12.8 Å². The first-order valence-corrected chi connectivity index (χ1v) is 7.05. The van der Waals surface area contributed by atoms with Crippen molar-refractivity contribution in [2.75, 3.05) is 19.0 Å². The lowest BCUT2D eigenvalue weighted by atomic mass is 10.2. The number of hydrazone groups is 1. The number of nitro benzene ring substituents is 1. The Kier molecular flexibility index (Phi) is 5.61. The Morgan fingerprint density at radius 3 is 2.76 bits per heavy atom. The van der Waals surface area contributed by atoms with Gasteiger partial charge in [-0.1, -0.05) is 0 Å². The fraction of sp³-hybridized carbons (Fsp3) is 0.286. The molecule has 25 heavy (non-hydrogen) atoms. The number of non-ortho nitro benzene ring substituents is 1. The molecule has 0 aromatic heterocycles. The molecule has 132 valence electrons. The van der Waals surface area contributed by atoms with Gasteiger partial charge < -0.3 is 14.8 Å². The SMILES string of the molecule is COc1ccc([N+](=O)[O-])cc1NC(=O)COC(=O)C1=NNC(=O)CC1. The zero-order valence-corrected chi connectivity index (χ0v) is 13.1. The molecule has 0 unspecified atom stereocenters. The highest BCUT2D eigenvalue weighted by Gasteiger charge is 2.21. The molecule has 2 N–H and O–H groups in total. The lowest BCUT2D eigenvalue weighted by molar-refractivity contribution is -0.384. The van der Waals surface area contributed by atoms with Crippen molar-refractivity contribution >= 4 is 34.9 Å². The molecule has 0 aliphatic carbocycles. The summed E-state index contributed by atoms with van der Waals surface area (Å²) in [5, 5.41) is 16.7. The second kappa shape index (κ2) is 7.86. The van der Waals surface area contributed by atoms with Crippen LogP contribution in [0.5, 0.6) is 5.75 Å². The Hall–Kier alpha value is -3.50. The quantitative estimate of drug-likeness (QED) is 0.427. The first-order chi connectivity index (χ1) is 11.9. The molecule has 0 fully saturated rings. The predicted octanol–water partition coefficient (Wildman–Crippen LogP) is 0.351. The van der Waals surface area contributed by atoms with Gasteiger partial charge in [-0.2, -0.15) is 5.10 Å². The standard InChI is InChI=1S/C14H14N4O7/c1-24-11-4-2-8(18(22)23)6-10(11)15-13(20)7-25-14(21)9-3-5-12(19)17-16-9/h2,4,6H,3,5,7H2,1H3,(H,15,20)(H,17,19). The van der Waals surface area contributed by atoms with Gasteiger partial charge in [0, 0.05) is 25.0 Å². The van der Waals surface area contributed by atoms with E-state index in [0.29, 0.717) is 0 Å². The van der Waals surface area contributed by atoms with Crippen LogP contribution in [0.15, 0.2) is 23.3 Å². The van der Waals surface area contributed by atoms with Crippen LogP contribution in [0.3, 0.4) is 0 Å². The average molecular weight is 350 g/mol. The molecule has 1 heterocycles. The normalized spacial score (nSPS) is 13.3. The molecular weight excluding hydrogens is 336 g/mol. The second-order valence-electron chi connectivity index (χ2n) is 4.86. The van der Waals surface area contributed by atoms with Crippen molar-refractivity contribution in [1.82, 2.24) is 5.43 Å². The third-order valence-corrected chi connectivity index (χ3v) is 3.14. The van der Waals surface area contributed by atoms with Gasteiger partial charge in [-0.3, -0.25) is 19.7 Å². The molecule has 1 aromatic rings. The van der Waals surface area contributed by atoms with Crippen LogP contribution in [-0.4, -0.2) is 42.1 Å². The van der Waals surface area contributed by atoms with Crippen LogP contribution in [0, 0.1) is 10.1 Å². The molecule has 1 aliphatic rings. The Bertz CT molecular complexity index is 760. The first kappa shape index (κ1) is 17.8. The molecule has 0 spiro atoms. The molecule has 2 rings (SSSR count). The highest BCUT2D eigenvalue weighted by Crippen LogP contribution is 2.28. The van der Waals surface area contributed by atoms with E-state index in [1.807, 2.05) is 0 Å². The monoisotopic (exact) mass is 350 g/mol. The number of ether oxygens (including phenoxy) is 2. The van der Waals surface area contributed by atoms with E-state index < -0.39 is 23.4 Å². The third kappa shape index (κ3) is 4.73. The van der Waals surface area contributed by atoms with Gasteiger partial charge in [0.05, 0.1) is 17.7 Å². The van der Waals surface area contributed by atoms with Gasteiger partial charge in [-0.25, -0.2) is 10.2 Å². The molecule has 0 bridgehead atoms. The Balaban J connectivity index is 1.96. The van der Waals surface area contributed by atoms with E-state index in [-0.39, 0.29) is 41.6 Å². The zero-order chi connectivity index (χ0) is 18.4. The molecule has 0 saturated heterocycles. The predicted molar refractivity (Wildman–Crippen MR) is 84.0 cm³/mol. The number of nitrogens with zero attached hydrogens (tertiary/aromatic N) is 2. The van der Waals surface area contributed by atoms with Gasteiger partial charge in [0.1, 0.15) is 11.5 Å². The number of nitro groups is 1. The molecular formula is C14H14N4O7. The number of anilines is 1. The summed E-state index contributed by atoms with van der Waals surface area (Å²) in [7, 11) is 1.34. The van der Waals surface area contributed by atoms with E-state index in [0.717, 1.165) is 6.07 Å². The molecule has 11 heteroatoms. The summed E-state index contributed by atoms with van der Waals surface area (Å²) in [5.41, 5.74) is 1.97. The number of hydrogen-bond donors (Lipinski definition) is 2. The van der Waals surface area contributed by atoms with Crippen molar-refractivity contribution < 1.29 is 28.8 Å². The Morgan fingerprint density at radius 2 is 2.16 bits per heavy atom. The summed E-state index contributed by atoms with van der Waals surface area (Å²) in [6, 6.07) is 3.68. The van der Waals surface area contributed by atoms with Crippen molar-refractivity contribution in [3.05, 3.63) is 28.3 Å². The first-order valence-electron chi connectivity index (χ1n) is 7.05. The van der Waals surface area contributed by atoms with Gasteiger partial charge in [0.15, 0.2) is 6.61 Å². The van der Waals surface area contributed by atoms with Crippen LogP contribution < -0.4 is 15.5 Å². The number of amides is 2. The maximum atomic E-state index is 11.9. The van der Waals surface area contributed by atoms with E-state index in [1.54, 1.807) is 0 Å². The van der Waals surface area contributed by atoms with Crippen molar-refractivity contribution in [2.24, 2.45) is 5.10 Å². The molecule has 1 aliphatic heterocycles. The van der Waals surface area contributed by atoms with Crippen LogP contribution in [0.2, 0.25) is 0 Å². The van der Waals surface area contributed by atoms with E-state index in [4.69, 9.17) is 9.47 Å². The van der Waals surface area contributed by atoms with Gasteiger partial charge in [-0.05, 0) is 6.07 Å². The second-order valence-corrected chi connectivity index (χ2v) is 4.86. The third-order valence-electron chi connectivity index (χ3n) is 3.14. The smallest absolute Gasteiger partial charge is 0.355 e. The largest absolute Gasteiger partial charge is 0.495 e. The summed E-state index contributed by atoms with van der Waals surface area (Å²) in [5.74, 6) is -1.65. The van der Waals surface area contributed by atoms with E-state index in [1.165, 1.54) is 19.2 Å². The minimum absolute atomic E-state index is 0.000305. The maximum Gasteiger partial charge on any atom is 0.355 e. The fourth-order valence-corrected chi connectivity index (χ4v) is 1.93. The molecule has 11 nitrogen and oxygen atoms in total. The summed E-state index contributed by atoms with van der Waals surface area (Å²) < 4.78 is 9.80. The van der Waals surface area contributed by atoms with Crippen LogP contribution >= 0.6 is 0 Å². The van der Waals surface area contributed by atoms with Gasteiger partial charge in [-0.15, -0.1) is 0 Å². The number of carbonyl (C=O) groups excluding carboxylic acids is 3. The summed E-state index contributed by atoms with van der Waals surface area (Å²) in [6.45, 7) is -0.627. The number of benzene rings is 1. The van der Waals surface area contributed by atoms with Crippen LogP contribution in [-0.2, 0) is 19.1 Å². The fourth-order valence-electron chi connectivity index (χ4n) is 1.93. The highest BCUT2D eigenvalue weighted by atomic mass is 16.6. The average Bonchev–Trinajstić information content (AvgIpc) is 2.60. The minimum atomic E-state index is -0.832. The number of hydrogen-bond acceptors (Lipinski definition) is 8. The number of methoxy groups -OCH3 is 1. The zero-order valence-electron chi connectivity index (χ0n) is 13.1. The molecule has 0 saturated carbocycles. The van der Waals surface area contributed by atoms with Gasteiger partial charge >= 0.3 is 5.97 Å². The van der Waals surface area contributed by atoms with E-state index >= 15 is 0 Å². The lowest BCUT2D eigenvalue weighted by Crippen LogP contribution is -2.32. The minimum Gasteiger partial charge on any atom is -0.495 e. The van der Waals surface area contributed by atoms with Gasteiger partial charge in [0.25, 0.3) is 11.6 Å². The molecule has 2 amide bonds. The molecule has 0 radical (unpaired) electrons. The van der Waals surface area contributed by atoms with Crippen molar-refractivity contribution in [3.8, 4) is 5.75 Å². The van der Waals surface area contributed by atoms with Crippen LogP contribution in [0.4, 0.5) is 11.4 Å². The highest BCUT2D eigenvalue weighted by molar-refractivity contribution is 6.37. The number of carbonyl (C=O) groups is 3. The topological polar surface area (TPSA) is 149 Å². The number of nitrogens with one attached hydrogen (secondary N) is 2. The summed E-state index contributed by atoms with van der Waals surface area (Å²) >= 11 is 0. The summed E-state index contributed by atoms with van der Waals surface area (Å²) in [4.78, 5) is 44.7. The van der Waals surface area contributed by atoms with Gasteiger partial charge in [0.2, 0.25) is 5.91 Å². The van der Waals surface area contributed by atoms with E-state index in [9.17, 15) is 24.5 Å². The van der Waals surface area contributed by atoms with Crippen molar-refractivity contribution in [1.29, 1.82) is 0 Å². The number of rotatable bonds is 6. The van der Waals surface area contributed by atoms with Crippen LogP contribution in [0.25, 0.3) is 0 Å². The Labute approximate surface area is 141 Å². The van der Waals surface area contributed by atoms with Crippen molar-refractivity contribution in [3.63, 3.8) is 0 Å². The van der Waals surface area contributed by atoms with E-state index in [2.05, 4.69) is 15.8 Å². The molecule has 1 aromatic carbocycles. The molecule has 0 atom stereocenters. The maximum absolute atomic E-state index is 11.9. The number of esters is 1. The summed E-state index contributed by atoms with van der Waals surface area (Å²) in [6.07, 6.45) is 0.218. The Morgan fingerprint density at radius 1 is 1.40 bits per heavy atom. The lowest BCUT2D eigenvalue weighted by Gasteiger charge is -2.12.